The number of thiazole rings is 1. The lowest BCUT2D eigenvalue weighted by atomic mass is 9.68. The Labute approximate surface area is 210 Å². The van der Waals surface area contributed by atoms with E-state index in [2.05, 4.69) is 15.1 Å². The van der Waals surface area contributed by atoms with Crippen molar-refractivity contribution < 1.29 is 28.8 Å². The smallest absolute Gasteiger partial charge is 0.274 e. The number of carbonyl (C=O) groups excluding carboxylic acids is 2. The van der Waals surface area contributed by atoms with Gasteiger partial charge in [0.05, 0.1) is 25.4 Å². The molecule has 0 fully saturated rings. The first kappa shape index (κ1) is 25.1. The molecule has 11 nitrogen and oxygen atoms in total. The van der Waals surface area contributed by atoms with E-state index in [9.17, 15) is 9.59 Å². The van der Waals surface area contributed by atoms with Crippen molar-refractivity contribution in [3.05, 3.63) is 87.4 Å². The molecular weight excluding hydrogens is 486 g/mol. The molecule has 12 heteroatoms. The van der Waals surface area contributed by atoms with Crippen LogP contribution in [-0.4, -0.2) is 46.4 Å². The van der Waals surface area contributed by atoms with Gasteiger partial charge in [0.15, 0.2) is 17.0 Å². The Morgan fingerprint density at radius 2 is 2.03 bits per heavy atom. The van der Waals surface area contributed by atoms with Gasteiger partial charge in [-0.1, -0.05) is 23.4 Å². The Hall–Kier alpha value is -4.03. The Kier molecular flexibility index (Phi) is 7.46. The molecule has 0 aliphatic heterocycles. The van der Waals surface area contributed by atoms with E-state index < -0.39 is 23.1 Å². The number of primary amides is 1. The van der Waals surface area contributed by atoms with Crippen LogP contribution in [0.5, 0.6) is 0 Å². The van der Waals surface area contributed by atoms with Crippen molar-refractivity contribution >= 4 is 23.2 Å². The van der Waals surface area contributed by atoms with Gasteiger partial charge in [0.2, 0.25) is 11.8 Å². The van der Waals surface area contributed by atoms with Crippen LogP contribution in [0.4, 0.5) is 0 Å². The second-order valence-corrected chi connectivity index (χ2v) is 8.82. The largest absolute Gasteiger partial charge is 0.497 e. The highest BCUT2D eigenvalue weighted by molar-refractivity contribution is 7.07. The molecule has 1 aromatic carbocycles. The van der Waals surface area contributed by atoms with E-state index in [0.29, 0.717) is 35.7 Å². The van der Waals surface area contributed by atoms with E-state index in [-0.39, 0.29) is 12.3 Å². The Balaban J connectivity index is 1.67. The first-order valence-electron chi connectivity index (χ1n) is 11.0. The van der Waals surface area contributed by atoms with E-state index in [1.165, 1.54) is 25.6 Å². The first-order valence-corrected chi connectivity index (χ1v) is 11.9. The number of methoxy groups -OCH3 is 2. The number of aryl methyl sites for hydroxylation is 1. The third-order valence-electron chi connectivity index (χ3n) is 6.13. The Morgan fingerprint density at radius 3 is 2.64 bits per heavy atom. The molecule has 188 valence electrons. The number of ether oxygens (including phenoxy) is 2. The van der Waals surface area contributed by atoms with E-state index in [0.717, 1.165) is 11.3 Å². The zero-order valence-electron chi connectivity index (χ0n) is 19.6. The van der Waals surface area contributed by atoms with Crippen molar-refractivity contribution in [2.24, 2.45) is 11.7 Å². The summed E-state index contributed by atoms with van der Waals surface area (Å²) in [7, 11) is 3.03. The van der Waals surface area contributed by atoms with Gasteiger partial charge >= 0.3 is 0 Å². The molecule has 36 heavy (non-hydrogen) atoms. The Bertz CT molecular complexity index is 1280. The number of rotatable bonds is 10. The molecule has 2 heterocycles. The van der Waals surface area contributed by atoms with E-state index in [1.54, 1.807) is 47.4 Å². The minimum absolute atomic E-state index is 0.0468. The fraction of sp³-hybridized carbons (Fsp3) is 0.292. The molecule has 0 bridgehead atoms. The lowest BCUT2D eigenvalue weighted by Crippen LogP contribution is -2.49. The minimum Gasteiger partial charge on any atom is -0.497 e. The number of aromatic nitrogens is 3. The summed E-state index contributed by atoms with van der Waals surface area (Å²) in [6.45, 7) is 0. The standard InChI is InChI=1S/C24H25N5O6S/c1-33-18-9-10-24(22(25)31,17(20(18)34-2)8-7-16-12-36-13-26-16)23-27-19(29-35-23)11-14-3-5-15(6-4-14)21(30)28-32/h3-6,9-10,12-13,17,32H,7-8,11H2,1-2H3,(H2,25,31)(H,28,30). The topological polar surface area (TPSA) is 163 Å². The number of benzene rings is 1. The number of amides is 2. The van der Waals surface area contributed by atoms with Gasteiger partial charge in [-0.15, -0.1) is 11.3 Å². The van der Waals surface area contributed by atoms with E-state index >= 15 is 0 Å². The molecule has 0 radical (unpaired) electrons. The fourth-order valence-corrected chi connectivity index (χ4v) is 4.89. The zero-order valence-corrected chi connectivity index (χ0v) is 20.4. The van der Waals surface area contributed by atoms with Gasteiger partial charge in [-0.3, -0.25) is 14.8 Å². The molecule has 3 aromatic rings. The van der Waals surface area contributed by atoms with E-state index in [1.807, 2.05) is 5.38 Å². The lowest BCUT2D eigenvalue weighted by molar-refractivity contribution is -0.124. The third kappa shape index (κ3) is 4.72. The number of nitrogens with two attached hydrogens (primary N) is 1. The van der Waals surface area contributed by atoms with Crippen LogP contribution in [0.2, 0.25) is 0 Å². The number of allylic oxidation sites excluding steroid dienone is 2. The average Bonchev–Trinajstić information content (AvgIpc) is 3.59. The molecule has 0 saturated heterocycles. The van der Waals surface area contributed by atoms with Gasteiger partial charge in [0.1, 0.15) is 5.76 Å². The van der Waals surface area contributed by atoms with Crippen LogP contribution in [0.25, 0.3) is 0 Å². The van der Waals surface area contributed by atoms with Crippen LogP contribution >= 0.6 is 11.3 Å². The summed E-state index contributed by atoms with van der Waals surface area (Å²) in [6.07, 6.45) is 4.55. The fourth-order valence-electron chi connectivity index (χ4n) is 4.30. The maximum atomic E-state index is 13.1. The number of carbonyl (C=O) groups is 2. The van der Waals surface area contributed by atoms with Crippen LogP contribution in [0.15, 0.2) is 63.3 Å². The number of hydroxylamine groups is 1. The van der Waals surface area contributed by atoms with Gasteiger partial charge < -0.3 is 19.7 Å². The number of hydrogen-bond acceptors (Lipinski definition) is 10. The quantitative estimate of drug-likeness (QED) is 0.274. The molecule has 2 amide bonds. The van der Waals surface area contributed by atoms with Crippen molar-refractivity contribution in [2.75, 3.05) is 14.2 Å². The van der Waals surface area contributed by atoms with Crippen LogP contribution < -0.4 is 11.2 Å². The van der Waals surface area contributed by atoms with Gasteiger partial charge in [-0.2, -0.15) is 4.98 Å². The van der Waals surface area contributed by atoms with Gasteiger partial charge in [-0.05, 0) is 36.6 Å². The highest BCUT2D eigenvalue weighted by Gasteiger charge is 2.53. The molecule has 2 unspecified atom stereocenters. The minimum atomic E-state index is -1.46. The van der Waals surface area contributed by atoms with Crippen molar-refractivity contribution in [1.82, 2.24) is 20.6 Å². The second-order valence-electron chi connectivity index (χ2n) is 8.10. The number of nitrogens with one attached hydrogen (secondary N) is 1. The third-order valence-corrected chi connectivity index (χ3v) is 6.76. The predicted molar refractivity (Wildman–Crippen MR) is 128 cm³/mol. The summed E-state index contributed by atoms with van der Waals surface area (Å²) < 4.78 is 16.8. The van der Waals surface area contributed by atoms with E-state index in [4.69, 9.17) is 24.9 Å². The molecule has 0 spiro atoms. The summed E-state index contributed by atoms with van der Waals surface area (Å²) in [4.78, 5) is 33.5. The molecule has 4 rings (SSSR count). The molecule has 2 aromatic heterocycles. The SMILES string of the molecule is COC1=C(OC)C(CCc2cscn2)C(C(N)=O)(c2nc(Cc3ccc(C(=O)NO)cc3)no2)C=C1. The van der Waals surface area contributed by atoms with Gasteiger partial charge in [0.25, 0.3) is 5.91 Å². The zero-order chi connectivity index (χ0) is 25.7. The van der Waals surface area contributed by atoms with Crippen LogP contribution in [-0.2, 0) is 32.5 Å². The molecule has 0 saturated carbocycles. The van der Waals surface area contributed by atoms with Crippen LogP contribution in [0.1, 0.15) is 39.8 Å². The van der Waals surface area contributed by atoms with Crippen molar-refractivity contribution in [1.29, 1.82) is 0 Å². The highest BCUT2D eigenvalue weighted by Crippen LogP contribution is 2.45. The first-order chi connectivity index (χ1) is 17.4. The van der Waals surface area contributed by atoms with Crippen LogP contribution in [0.3, 0.4) is 0 Å². The second kappa shape index (κ2) is 10.7. The summed E-state index contributed by atoms with van der Waals surface area (Å²) >= 11 is 1.49. The molecule has 1 aliphatic rings. The number of hydrogen-bond donors (Lipinski definition) is 3. The Morgan fingerprint density at radius 1 is 1.25 bits per heavy atom. The molecule has 1 aliphatic carbocycles. The summed E-state index contributed by atoms with van der Waals surface area (Å²) in [5, 5.41) is 14.8. The maximum Gasteiger partial charge on any atom is 0.274 e. The van der Waals surface area contributed by atoms with Gasteiger partial charge in [0, 0.05) is 23.3 Å². The summed E-state index contributed by atoms with van der Waals surface area (Å²) in [6, 6.07) is 6.54. The highest BCUT2D eigenvalue weighted by atomic mass is 32.1. The van der Waals surface area contributed by atoms with Crippen molar-refractivity contribution in [2.45, 2.75) is 24.7 Å². The average molecular weight is 512 g/mol. The van der Waals surface area contributed by atoms with Crippen LogP contribution in [0, 0.1) is 5.92 Å². The maximum absolute atomic E-state index is 13.1. The summed E-state index contributed by atoms with van der Waals surface area (Å²) in [5.41, 5.74) is 9.84. The molecule has 2 atom stereocenters. The monoisotopic (exact) mass is 511 g/mol. The number of nitrogens with zero attached hydrogens (tertiary/aromatic N) is 3. The normalized spacial score (nSPS) is 19.2. The molecular formula is C24H25N5O6S. The van der Waals surface area contributed by atoms with Crippen molar-refractivity contribution in [3.8, 4) is 0 Å². The van der Waals surface area contributed by atoms with Crippen molar-refractivity contribution in [3.63, 3.8) is 0 Å². The predicted octanol–water partition coefficient (Wildman–Crippen LogP) is 2.28. The lowest BCUT2D eigenvalue weighted by Gasteiger charge is -2.36. The van der Waals surface area contributed by atoms with Gasteiger partial charge in [-0.25, -0.2) is 10.5 Å². The molecule has 4 N–H and O–H groups in total. The summed E-state index contributed by atoms with van der Waals surface area (Å²) in [5.74, 6) is -0.553.